The topological polar surface area (TPSA) is 96.0 Å². The second-order valence-corrected chi connectivity index (χ2v) is 5.94. The number of carbonyl (C=O) groups excluding carboxylic acids is 2. The first kappa shape index (κ1) is 18.8. The van der Waals surface area contributed by atoms with Crippen molar-refractivity contribution in [2.75, 3.05) is 25.6 Å². The van der Waals surface area contributed by atoms with E-state index < -0.39 is 18.0 Å². The van der Waals surface area contributed by atoms with E-state index in [0.29, 0.717) is 36.1 Å². The van der Waals surface area contributed by atoms with Crippen molar-refractivity contribution in [2.24, 2.45) is 0 Å². The lowest BCUT2D eigenvalue weighted by molar-refractivity contribution is -0.123. The van der Waals surface area contributed by atoms with Crippen LogP contribution in [0.15, 0.2) is 30.5 Å². The number of nitrogens with zero attached hydrogens (tertiary/aromatic N) is 1. The van der Waals surface area contributed by atoms with E-state index in [2.05, 4.69) is 10.3 Å². The summed E-state index contributed by atoms with van der Waals surface area (Å²) >= 11 is 5.90. The number of methoxy groups -OCH3 is 1. The van der Waals surface area contributed by atoms with Gasteiger partial charge in [-0.3, -0.25) is 4.79 Å². The third-order valence-corrected chi connectivity index (χ3v) is 4.03. The van der Waals surface area contributed by atoms with Crippen LogP contribution in [0.25, 0.3) is 0 Å². The van der Waals surface area contributed by atoms with Gasteiger partial charge in [-0.25, -0.2) is 9.78 Å². The Morgan fingerprint density at radius 3 is 2.81 bits per heavy atom. The van der Waals surface area contributed by atoms with Gasteiger partial charge in [-0.2, -0.15) is 0 Å². The number of pyridine rings is 1. The van der Waals surface area contributed by atoms with E-state index in [1.54, 1.807) is 12.1 Å². The Bertz CT molecular complexity index is 856. The molecule has 9 heteroatoms. The highest BCUT2D eigenvalue weighted by Gasteiger charge is 2.24. The molecule has 142 valence electrons. The molecule has 0 spiro atoms. The fraction of sp³-hybridized carbons (Fsp3) is 0.278. The smallest absolute Gasteiger partial charge is 0.339 e. The van der Waals surface area contributed by atoms with Gasteiger partial charge in [0, 0.05) is 6.20 Å². The molecular formula is C18H17ClN2O6. The third kappa shape index (κ3) is 4.22. The first-order chi connectivity index (χ1) is 13.0. The average Bonchev–Trinajstić information content (AvgIpc) is 2.68. The molecule has 1 atom stereocenters. The first-order valence-electron chi connectivity index (χ1n) is 8.09. The summed E-state index contributed by atoms with van der Waals surface area (Å²) in [4.78, 5) is 28.5. The Balaban J connectivity index is 1.71. The molecule has 0 bridgehead atoms. The minimum atomic E-state index is -1.06. The maximum Gasteiger partial charge on any atom is 0.339 e. The Morgan fingerprint density at radius 1 is 1.30 bits per heavy atom. The number of fused-ring (bicyclic) bond motifs is 1. The molecule has 1 aromatic heterocycles. The van der Waals surface area contributed by atoms with Gasteiger partial charge in [-0.1, -0.05) is 11.6 Å². The lowest BCUT2D eigenvalue weighted by Gasteiger charge is -2.21. The van der Waals surface area contributed by atoms with Crippen LogP contribution in [-0.4, -0.2) is 43.3 Å². The molecule has 0 saturated carbocycles. The van der Waals surface area contributed by atoms with Gasteiger partial charge in [-0.15, -0.1) is 0 Å². The zero-order chi connectivity index (χ0) is 19.4. The summed E-state index contributed by atoms with van der Waals surface area (Å²) in [5.41, 5.74) is 0.503. The second-order valence-electron chi connectivity index (χ2n) is 5.58. The summed E-state index contributed by atoms with van der Waals surface area (Å²) in [5, 5.41) is 2.70. The fourth-order valence-corrected chi connectivity index (χ4v) is 2.55. The maximum absolute atomic E-state index is 12.4. The van der Waals surface area contributed by atoms with Gasteiger partial charge in [0.15, 0.2) is 22.8 Å². The fourth-order valence-electron chi connectivity index (χ4n) is 2.39. The Hall–Kier alpha value is -3.00. The highest BCUT2D eigenvalue weighted by molar-refractivity contribution is 6.32. The van der Waals surface area contributed by atoms with Crippen molar-refractivity contribution in [3.63, 3.8) is 0 Å². The second kappa shape index (κ2) is 8.13. The van der Waals surface area contributed by atoms with Crippen LogP contribution in [0.4, 0.5) is 5.69 Å². The summed E-state index contributed by atoms with van der Waals surface area (Å²) in [7, 11) is 1.45. The molecule has 1 aliphatic heterocycles. The van der Waals surface area contributed by atoms with E-state index in [9.17, 15) is 9.59 Å². The quantitative estimate of drug-likeness (QED) is 0.617. The van der Waals surface area contributed by atoms with Crippen molar-refractivity contribution in [3.8, 4) is 17.2 Å². The van der Waals surface area contributed by atoms with Crippen LogP contribution >= 0.6 is 11.6 Å². The van der Waals surface area contributed by atoms with Crippen LogP contribution < -0.4 is 19.5 Å². The molecule has 27 heavy (non-hydrogen) atoms. The number of esters is 1. The predicted octanol–water partition coefficient (Wildman–Crippen LogP) is 2.70. The van der Waals surface area contributed by atoms with Crippen molar-refractivity contribution in [3.05, 3.63) is 41.2 Å². The van der Waals surface area contributed by atoms with Crippen molar-refractivity contribution >= 4 is 29.2 Å². The van der Waals surface area contributed by atoms with Crippen LogP contribution in [-0.2, 0) is 9.53 Å². The normalized spacial score (nSPS) is 13.4. The number of benzene rings is 1. The molecule has 1 N–H and O–H groups in total. The van der Waals surface area contributed by atoms with Gasteiger partial charge in [0.2, 0.25) is 5.75 Å². The Morgan fingerprint density at radius 2 is 2.07 bits per heavy atom. The van der Waals surface area contributed by atoms with Crippen LogP contribution in [0.2, 0.25) is 5.15 Å². The van der Waals surface area contributed by atoms with E-state index in [4.69, 9.17) is 30.5 Å². The van der Waals surface area contributed by atoms with Crippen molar-refractivity contribution in [1.82, 2.24) is 4.98 Å². The van der Waals surface area contributed by atoms with E-state index in [-0.39, 0.29) is 10.7 Å². The number of hydrogen-bond donors (Lipinski definition) is 1. The van der Waals surface area contributed by atoms with Crippen molar-refractivity contribution < 1.29 is 28.5 Å². The molecular weight excluding hydrogens is 376 g/mol. The standard InChI is InChI=1S/C18H17ClN2O6/c1-10(17(22)21-12-4-3-5-20-16(12)19)27-18(23)11-8-13(24-2)15-14(9-11)25-6-7-26-15/h3-5,8-10H,6-7H2,1-2H3,(H,21,22)/t10-/m0/s1. The summed E-state index contributed by atoms with van der Waals surface area (Å²) in [5.74, 6) is -0.0875. The zero-order valence-corrected chi connectivity index (χ0v) is 15.4. The minimum Gasteiger partial charge on any atom is -0.493 e. The number of hydrogen-bond acceptors (Lipinski definition) is 7. The van der Waals surface area contributed by atoms with Gasteiger partial charge < -0.3 is 24.3 Å². The molecule has 0 saturated heterocycles. The van der Waals surface area contributed by atoms with Crippen LogP contribution in [0, 0.1) is 0 Å². The number of anilines is 1. The molecule has 2 aromatic rings. The van der Waals surface area contributed by atoms with Crippen LogP contribution in [0.5, 0.6) is 17.2 Å². The molecule has 1 amide bonds. The Kier molecular flexibility index (Phi) is 5.66. The molecule has 1 aromatic carbocycles. The highest BCUT2D eigenvalue weighted by atomic mass is 35.5. The average molecular weight is 393 g/mol. The molecule has 3 rings (SSSR count). The number of aromatic nitrogens is 1. The number of amides is 1. The monoisotopic (exact) mass is 392 g/mol. The molecule has 8 nitrogen and oxygen atoms in total. The third-order valence-electron chi connectivity index (χ3n) is 3.73. The number of ether oxygens (including phenoxy) is 4. The maximum atomic E-state index is 12.4. The van der Waals surface area contributed by atoms with Crippen molar-refractivity contribution in [2.45, 2.75) is 13.0 Å². The zero-order valence-electron chi connectivity index (χ0n) is 14.7. The van der Waals surface area contributed by atoms with E-state index in [1.165, 1.54) is 32.4 Å². The summed E-state index contributed by atoms with van der Waals surface area (Å²) in [6.07, 6.45) is 0.435. The van der Waals surface area contributed by atoms with Gasteiger partial charge in [0.05, 0.1) is 18.4 Å². The number of rotatable bonds is 5. The van der Waals surface area contributed by atoms with Crippen LogP contribution in [0.1, 0.15) is 17.3 Å². The molecule has 0 unspecified atom stereocenters. The molecule has 1 aliphatic rings. The van der Waals surface area contributed by atoms with E-state index in [0.717, 1.165) is 0 Å². The SMILES string of the molecule is COc1cc(C(=O)O[C@@H](C)C(=O)Nc2cccnc2Cl)cc2c1OCCO2. The largest absolute Gasteiger partial charge is 0.493 e. The van der Waals surface area contributed by atoms with Gasteiger partial charge >= 0.3 is 5.97 Å². The molecule has 0 aliphatic carbocycles. The highest BCUT2D eigenvalue weighted by Crippen LogP contribution is 2.40. The number of carbonyl (C=O) groups is 2. The summed E-state index contributed by atoms with van der Waals surface area (Å²) < 4.78 is 21.4. The summed E-state index contributed by atoms with van der Waals surface area (Å²) in [6, 6.07) is 6.17. The Labute approximate surface area is 160 Å². The van der Waals surface area contributed by atoms with Crippen LogP contribution in [0.3, 0.4) is 0 Å². The van der Waals surface area contributed by atoms with E-state index >= 15 is 0 Å². The van der Waals surface area contributed by atoms with Gasteiger partial charge in [0.25, 0.3) is 5.91 Å². The predicted molar refractivity (Wildman–Crippen MR) is 96.7 cm³/mol. The van der Waals surface area contributed by atoms with Gasteiger partial charge in [0.1, 0.15) is 13.2 Å². The molecule has 0 radical (unpaired) electrons. The van der Waals surface area contributed by atoms with Crippen molar-refractivity contribution in [1.29, 1.82) is 0 Å². The summed E-state index contributed by atoms with van der Waals surface area (Å²) in [6.45, 7) is 2.20. The first-order valence-corrected chi connectivity index (χ1v) is 8.47. The lowest BCUT2D eigenvalue weighted by atomic mass is 10.1. The number of nitrogens with one attached hydrogen (secondary N) is 1. The minimum absolute atomic E-state index is 0.140. The molecule has 0 fully saturated rings. The van der Waals surface area contributed by atoms with Gasteiger partial charge in [-0.05, 0) is 31.2 Å². The lowest BCUT2D eigenvalue weighted by Crippen LogP contribution is -2.30. The number of halogens is 1. The molecule has 2 heterocycles. The van der Waals surface area contributed by atoms with E-state index in [1.807, 2.05) is 0 Å².